The first-order chi connectivity index (χ1) is 14.0. The minimum atomic E-state index is -4.29. The van der Waals surface area contributed by atoms with Crippen LogP contribution in [-0.2, 0) is 12.6 Å². The molecule has 0 saturated carbocycles. The van der Waals surface area contributed by atoms with Crippen LogP contribution in [0, 0.1) is 0 Å². The van der Waals surface area contributed by atoms with E-state index < -0.39 is 11.7 Å². The van der Waals surface area contributed by atoms with E-state index in [1.807, 2.05) is 0 Å². The van der Waals surface area contributed by atoms with E-state index in [9.17, 15) is 13.2 Å². The fourth-order valence-corrected chi connectivity index (χ4v) is 3.97. The topological polar surface area (TPSA) is 3.24 Å². The summed E-state index contributed by atoms with van der Waals surface area (Å²) in [5, 5.41) is 2.54. The number of rotatable bonds is 5. The summed E-state index contributed by atoms with van der Waals surface area (Å²) in [6.45, 7) is 2.68. The zero-order valence-electron chi connectivity index (χ0n) is 16.3. The van der Waals surface area contributed by atoms with Crippen molar-refractivity contribution in [2.75, 3.05) is 19.6 Å². The van der Waals surface area contributed by atoms with Gasteiger partial charge in [-0.25, -0.2) is 0 Å². The molecule has 0 spiro atoms. The molecule has 3 aromatic carbocycles. The van der Waals surface area contributed by atoms with Crippen LogP contribution in [0.4, 0.5) is 13.2 Å². The molecule has 0 atom stereocenters. The van der Waals surface area contributed by atoms with Gasteiger partial charge in [-0.1, -0.05) is 60.7 Å². The number of fused-ring (bicyclic) bond motifs is 1. The van der Waals surface area contributed by atoms with E-state index in [2.05, 4.69) is 53.4 Å². The third kappa shape index (κ3) is 4.88. The van der Waals surface area contributed by atoms with E-state index >= 15 is 0 Å². The predicted molar refractivity (Wildman–Crippen MR) is 113 cm³/mol. The van der Waals surface area contributed by atoms with Gasteiger partial charge in [-0.05, 0) is 65.4 Å². The highest BCUT2D eigenvalue weighted by atomic mass is 19.4. The zero-order chi connectivity index (χ0) is 20.3. The molecule has 0 saturated heterocycles. The second-order valence-electron chi connectivity index (χ2n) is 7.64. The molecule has 0 N–H and O–H groups in total. The van der Waals surface area contributed by atoms with Crippen LogP contribution in [-0.4, -0.2) is 24.5 Å². The van der Waals surface area contributed by atoms with Crippen LogP contribution in [0.1, 0.15) is 29.5 Å². The summed E-state index contributed by atoms with van der Waals surface area (Å²) >= 11 is 0. The normalized spacial score (nSPS) is 15.5. The number of alkyl halides is 3. The summed E-state index contributed by atoms with van der Waals surface area (Å²) in [5.74, 6) is 0. The summed E-state index contributed by atoms with van der Waals surface area (Å²) in [6.07, 6.45) is 0.683. The summed E-state index contributed by atoms with van der Waals surface area (Å²) in [7, 11) is 0. The van der Waals surface area contributed by atoms with Crippen LogP contribution in [0.3, 0.4) is 0 Å². The van der Waals surface area contributed by atoms with E-state index in [4.69, 9.17) is 0 Å². The molecule has 0 aromatic heterocycles. The van der Waals surface area contributed by atoms with Gasteiger partial charge in [0, 0.05) is 13.1 Å². The lowest BCUT2D eigenvalue weighted by atomic mass is 9.97. The van der Waals surface area contributed by atoms with E-state index in [-0.39, 0.29) is 0 Å². The van der Waals surface area contributed by atoms with Crippen molar-refractivity contribution >= 4 is 16.3 Å². The molecule has 150 valence electrons. The molecule has 0 radical (unpaired) electrons. The van der Waals surface area contributed by atoms with Crippen molar-refractivity contribution in [2.45, 2.75) is 25.4 Å². The average molecular weight is 395 g/mol. The van der Waals surface area contributed by atoms with Crippen molar-refractivity contribution in [1.29, 1.82) is 0 Å². The molecule has 0 fully saturated rings. The highest BCUT2D eigenvalue weighted by molar-refractivity contribution is 5.83. The van der Waals surface area contributed by atoms with E-state index in [0.29, 0.717) is 5.56 Å². The van der Waals surface area contributed by atoms with Gasteiger partial charge in [-0.15, -0.1) is 0 Å². The number of hydrogen-bond donors (Lipinski definition) is 0. The zero-order valence-corrected chi connectivity index (χ0v) is 16.3. The van der Waals surface area contributed by atoms with E-state index in [1.54, 1.807) is 6.07 Å². The van der Waals surface area contributed by atoms with Crippen molar-refractivity contribution in [1.82, 2.24) is 4.90 Å². The third-order valence-corrected chi connectivity index (χ3v) is 5.61. The second-order valence-corrected chi connectivity index (χ2v) is 7.64. The van der Waals surface area contributed by atoms with Crippen LogP contribution >= 0.6 is 0 Å². The van der Waals surface area contributed by atoms with Gasteiger partial charge >= 0.3 is 6.18 Å². The lowest BCUT2D eigenvalue weighted by molar-refractivity contribution is -0.137. The van der Waals surface area contributed by atoms with E-state index in [1.165, 1.54) is 28.5 Å². The van der Waals surface area contributed by atoms with Gasteiger partial charge in [0.05, 0.1) is 5.56 Å². The molecule has 0 aliphatic carbocycles. The van der Waals surface area contributed by atoms with Crippen molar-refractivity contribution in [3.05, 3.63) is 89.5 Å². The molecule has 1 heterocycles. The number of nitrogens with zero attached hydrogens (tertiary/aromatic N) is 1. The average Bonchev–Trinajstić information content (AvgIpc) is 2.74. The van der Waals surface area contributed by atoms with Crippen LogP contribution in [0.2, 0.25) is 0 Å². The summed E-state index contributed by atoms with van der Waals surface area (Å²) in [5.41, 5.74) is 2.48. The van der Waals surface area contributed by atoms with Gasteiger partial charge in [0.1, 0.15) is 0 Å². The molecule has 4 rings (SSSR count). The molecule has 3 aromatic rings. The smallest absolute Gasteiger partial charge is 0.299 e. The Morgan fingerprint density at radius 1 is 0.862 bits per heavy atom. The highest BCUT2D eigenvalue weighted by Gasteiger charge is 2.30. The number of hydrogen-bond acceptors (Lipinski definition) is 1. The predicted octanol–water partition coefficient (Wildman–Crippen LogP) is 6.58. The monoisotopic (exact) mass is 395 g/mol. The molecule has 4 heteroatoms. The maximum Gasteiger partial charge on any atom is 0.416 e. The number of aryl methyl sites for hydroxylation is 1. The molecular formula is C25H24F3N. The Morgan fingerprint density at radius 2 is 1.69 bits per heavy atom. The second kappa shape index (κ2) is 8.42. The Labute approximate surface area is 169 Å². The molecule has 0 bridgehead atoms. The van der Waals surface area contributed by atoms with Gasteiger partial charge in [-0.2, -0.15) is 13.2 Å². The Balaban J connectivity index is 1.32. The molecule has 1 aliphatic rings. The summed E-state index contributed by atoms with van der Waals surface area (Å²) in [6, 6.07) is 20.7. The van der Waals surface area contributed by atoms with Gasteiger partial charge in [0.2, 0.25) is 0 Å². The fourth-order valence-electron chi connectivity index (χ4n) is 3.97. The van der Waals surface area contributed by atoms with Gasteiger partial charge in [0.15, 0.2) is 0 Å². The minimum absolute atomic E-state index is 0.575. The molecule has 1 nitrogen and oxygen atoms in total. The summed E-state index contributed by atoms with van der Waals surface area (Å²) in [4.78, 5) is 2.37. The third-order valence-electron chi connectivity index (χ3n) is 5.61. The van der Waals surface area contributed by atoms with Crippen LogP contribution in [0.25, 0.3) is 16.3 Å². The Kier molecular flexibility index (Phi) is 5.72. The molecule has 1 aliphatic heterocycles. The van der Waals surface area contributed by atoms with Crippen molar-refractivity contribution in [2.24, 2.45) is 0 Å². The van der Waals surface area contributed by atoms with Crippen LogP contribution in [0.15, 0.2) is 72.8 Å². The largest absolute Gasteiger partial charge is 0.416 e. The van der Waals surface area contributed by atoms with Gasteiger partial charge < -0.3 is 0 Å². The first-order valence-corrected chi connectivity index (χ1v) is 10.1. The van der Waals surface area contributed by atoms with Crippen molar-refractivity contribution < 1.29 is 13.2 Å². The highest BCUT2D eigenvalue weighted by Crippen LogP contribution is 2.32. The molecule has 0 amide bonds. The van der Waals surface area contributed by atoms with Crippen molar-refractivity contribution in [3.63, 3.8) is 0 Å². The molecule has 0 unspecified atom stereocenters. The van der Waals surface area contributed by atoms with Gasteiger partial charge in [-0.3, -0.25) is 4.90 Å². The minimum Gasteiger partial charge on any atom is -0.299 e. The van der Waals surface area contributed by atoms with Crippen LogP contribution in [0.5, 0.6) is 0 Å². The summed E-state index contributed by atoms with van der Waals surface area (Å²) < 4.78 is 38.8. The standard InChI is InChI=1S/C25H24F3N/c26-25(27,28)24-9-3-8-23(18-24)21-12-15-29(16-13-21)14-4-5-19-10-11-20-6-1-2-7-22(20)17-19/h1-3,6-12,17-18H,4-5,13-16H2. The lowest BCUT2D eigenvalue weighted by Gasteiger charge is -2.26. The fraction of sp³-hybridized carbons (Fsp3) is 0.280. The molecule has 29 heavy (non-hydrogen) atoms. The number of halogens is 3. The van der Waals surface area contributed by atoms with Crippen molar-refractivity contribution in [3.8, 4) is 0 Å². The number of benzene rings is 3. The van der Waals surface area contributed by atoms with E-state index in [0.717, 1.165) is 50.5 Å². The SMILES string of the molecule is FC(F)(F)c1cccc(C2=CCN(CCCc3ccc4ccccc4c3)CC2)c1. The maximum absolute atomic E-state index is 12.9. The lowest BCUT2D eigenvalue weighted by Crippen LogP contribution is -2.29. The Hall–Kier alpha value is -2.59. The quantitative estimate of drug-likeness (QED) is 0.472. The first kappa shape index (κ1) is 19.7. The van der Waals surface area contributed by atoms with Gasteiger partial charge in [0.25, 0.3) is 0 Å². The molecular weight excluding hydrogens is 371 g/mol. The Morgan fingerprint density at radius 3 is 2.45 bits per heavy atom. The Bertz CT molecular complexity index is 1020. The maximum atomic E-state index is 12.9. The van der Waals surface area contributed by atoms with Crippen LogP contribution < -0.4 is 0 Å². The first-order valence-electron chi connectivity index (χ1n) is 10.1.